The monoisotopic (exact) mass is 427 g/mol. The molecule has 3 aromatic rings. The van der Waals surface area contributed by atoms with Gasteiger partial charge in [-0.2, -0.15) is 0 Å². The molecule has 1 fully saturated rings. The third-order valence-corrected chi connectivity index (χ3v) is 6.53. The second kappa shape index (κ2) is 7.88. The summed E-state index contributed by atoms with van der Waals surface area (Å²) >= 11 is 0. The molecule has 1 N–H and O–H groups in total. The van der Waals surface area contributed by atoms with Gasteiger partial charge in [-0.1, -0.05) is 12.1 Å². The van der Waals surface area contributed by atoms with Crippen LogP contribution in [0.5, 0.6) is 0 Å². The fourth-order valence-electron chi connectivity index (χ4n) is 3.43. The number of pyridine rings is 1. The lowest BCUT2D eigenvalue weighted by Crippen LogP contribution is -2.44. The summed E-state index contributed by atoms with van der Waals surface area (Å²) in [5.41, 5.74) is 1.68. The van der Waals surface area contributed by atoms with Crippen LogP contribution in [-0.2, 0) is 10.0 Å². The first kappa shape index (κ1) is 20.0. The van der Waals surface area contributed by atoms with E-state index in [4.69, 9.17) is 0 Å². The predicted octanol–water partition coefficient (Wildman–Crippen LogP) is 2.70. The maximum atomic E-state index is 12.9. The van der Waals surface area contributed by atoms with Crippen LogP contribution in [0.4, 0.5) is 17.1 Å². The molecule has 30 heavy (non-hydrogen) atoms. The number of hydrogen-bond donors (Lipinski definition) is 1. The number of fused-ring (bicyclic) bond motifs is 1. The number of nitrogens with zero attached hydrogens (tertiary/aromatic N) is 4. The van der Waals surface area contributed by atoms with Crippen molar-refractivity contribution in [2.45, 2.75) is 4.90 Å². The first-order chi connectivity index (χ1) is 14.3. The SMILES string of the molecule is CN1CCN(c2cnc3cccc(NS(=O)(=O)c4cccc([N+](=O)[O-])c4)c3c2)CC1. The van der Waals surface area contributed by atoms with Gasteiger partial charge in [-0.3, -0.25) is 19.8 Å². The molecule has 10 heteroatoms. The number of piperazine rings is 1. The van der Waals surface area contributed by atoms with Crippen LogP contribution in [-0.4, -0.2) is 56.5 Å². The van der Waals surface area contributed by atoms with Crippen molar-refractivity contribution >= 4 is 38.0 Å². The van der Waals surface area contributed by atoms with E-state index in [2.05, 4.69) is 26.6 Å². The molecule has 1 aliphatic rings. The molecule has 1 saturated heterocycles. The second-order valence-corrected chi connectivity index (χ2v) is 8.90. The zero-order chi connectivity index (χ0) is 21.3. The van der Waals surface area contributed by atoms with Crippen LogP contribution < -0.4 is 9.62 Å². The molecule has 2 aromatic carbocycles. The molecule has 0 unspecified atom stereocenters. The number of benzene rings is 2. The zero-order valence-corrected chi connectivity index (χ0v) is 17.2. The van der Waals surface area contributed by atoms with E-state index in [0.29, 0.717) is 16.6 Å². The Kier molecular flexibility index (Phi) is 5.27. The molecule has 156 valence electrons. The first-order valence-corrected chi connectivity index (χ1v) is 10.9. The number of sulfonamides is 1. The number of hydrogen-bond acceptors (Lipinski definition) is 7. The average molecular weight is 427 g/mol. The smallest absolute Gasteiger partial charge is 0.270 e. The Hall–Kier alpha value is -3.24. The highest BCUT2D eigenvalue weighted by atomic mass is 32.2. The van der Waals surface area contributed by atoms with Gasteiger partial charge in [0, 0.05) is 43.7 Å². The Labute approximate surface area is 174 Å². The van der Waals surface area contributed by atoms with E-state index in [0.717, 1.165) is 37.9 Å². The fraction of sp³-hybridized carbons (Fsp3) is 0.250. The average Bonchev–Trinajstić information content (AvgIpc) is 2.74. The summed E-state index contributed by atoms with van der Waals surface area (Å²) in [4.78, 5) is 19.2. The van der Waals surface area contributed by atoms with Crippen molar-refractivity contribution in [1.29, 1.82) is 0 Å². The summed E-state index contributed by atoms with van der Waals surface area (Å²) in [5.74, 6) is 0. The molecule has 0 bridgehead atoms. The summed E-state index contributed by atoms with van der Waals surface area (Å²) in [6.45, 7) is 3.62. The Morgan fingerprint density at radius 3 is 2.53 bits per heavy atom. The van der Waals surface area contributed by atoms with Crippen LogP contribution in [0.25, 0.3) is 10.9 Å². The number of likely N-dealkylation sites (N-methyl/N-ethyl adjacent to an activating group) is 1. The molecule has 0 atom stereocenters. The highest BCUT2D eigenvalue weighted by Gasteiger charge is 2.20. The van der Waals surface area contributed by atoms with Gasteiger partial charge in [0.05, 0.1) is 32.9 Å². The Morgan fingerprint density at radius 1 is 1.07 bits per heavy atom. The fourth-order valence-corrected chi connectivity index (χ4v) is 4.55. The van der Waals surface area contributed by atoms with E-state index in [1.54, 1.807) is 18.3 Å². The molecule has 0 aliphatic carbocycles. The maximum absolute atomic E-state index is 12.9. The van der Waals surface area contributed by atoms with Gasteiger partial charge in [0.1, 0.15) is 0 Å². The molecule has 9 nitrogen and oxygen atoms in total. The summed E-state index contributed by atoms with van der Waals surface area (Å²) in [7, 11) is -1.93. The zero-order valence-electron chi connectivity index (χ0n) is 16.4. The maximum Gasteiger partial charge on any atom is 0.270 e. The van der Waals surface area contributed by atoms with Crippen LogP contribution >= 0.6 is 0 Å². The number of aromatic nitrogens is 1. The molecule has 1 aliphatic heterocycles. The summed E-state index contributed by atoms with van der Waals surface area (Å²) in [6, 6.07) is 12.1. The van der Waals surface area contributed by atoms with Crippen LogP contribution in [0.3, 0.4) is 0 Å². The number of nitrogens with one attached hydrogen (secondary N) is 1. The van der Waals surface area contributed by atoms with Crippen molar-refractivity contribution < 1.29 is 13.3 Å². The van der Waals surface area contributed by atoms with Crippen LogP contribution in [0, 0.1) is 10.1 Å². The van der Waals surface area contributed by atoms with Crippen molar-refractivity contribution in [3.63, 3.8) is 0 Å². The minimum absolute atomic E-state index is 0.170. The van der Waals surface area contributed by atoms with Crippen molar-refractivity contribution in [2.24, 2.45) is 0 Å². The molecular weight excluding hydrogens is 406 g/mol. The van der Waals surface area contributed by atoms with E-state index in [-0.39, 0.29) is 10.6 Å². The van der Waals surface area contributed by atoms with Crippen molar-refractivity contribution in [1.82, 2.24) is 9.88 Å². The Balaban J connectivity index is 1.69. The van der Waals surface area contributed by atoms with E-state index < -0.39 is 14.9 Å². The minimum Gasteiger partial charge on any atom is -0.368 e. The second-order valence-electron chi connectivity index (χ2n) is 7.22. The van der Waals surface area contributed by atoms with Crippen LogP contribution in [0.2, 0.25) is 0 Å². The lowest BCUT2D eigenvalue weighted by Gasteiger charge is -2.34. The standard InChI is InChI=1S/C20H21N5O4S/c1-23-8-10-24(11-9-23)16-13-18-19(21-14-16)6-3-7-20(18)22-30(28,29)17-5-2-4-15(12-17)25(26)27/h2-7,12-14,22H,8-11H2,1H3. The summed E-state index contributed by atoms with van der Waals surface area (Å²) in [5, 5.41) is 11.7. The molecule has 4 rings (SSSR count). The number of nitro benzene ring substituents is 1. The number of rotatable bonds is 5. The van der Waals surface area contributed by atoms with Gasteiger partial charge in [-0.25, -0.2) is 8.42 Å². The molecule has 0 amide bonds. The largest absolute Gasteiger partial charge is 0.368 e. The number of nitro groups is 1. The number of non-ortho nitro benzene ring substituents is 1. The van der Waals surface area contributed by atoms with Gasteiger partial charge in [-0.15, -0.1) is 0 Å². The van der Waals surface area contributed by atoms with Gasteiger partial charge in [0.15, 0.2) is 0 Å². The quantitative estimate of drug-likeness (QED) is 0.492. The minimum atomic E-state index is -4.01. The normalized spacial score (nSPS) is 15.3. The molecule has 1 aromatic heterocycles. The third kappa shape index (κ3) is 4.05. The summed E-state index contributed by atoms with van der Waals surface area (Å²) < 4.78 is 28.3. The van der Waals surface area contributed by atoms with Gasteiger partial charge in [0.25, 0.3) is 15.7 Å². The topological polar surface area (TPSA) is 109 Å². The molecule has 0 radical (unpaired) electrons. The van der Waals surface area contributed by atoms with Crippen molar-refractivity contribution in [2.75, 3.05) is 42.8 Å². The van der Waals surface area contributed by atoms with Gasteiger partial charge >= 0.3 is 0 Å². The lowest BCUT2D eigenvalue weighted by atomic mass is 10.1. The number of anilines is 2. The molecular formula is C20H21N5O4S. The van der Waals surface area contributed by atoms with Crippen molar-refractivity contribution in [3.05, 3.63) is 64.8 Å². The van der Waals surface area contributed by atoms with Crippen LogP contribution in [0.1, 0.15) is 0 Å². The van der Waals surface area contributed by atoms with E-state index >= 15 is 0 Å². The van der Waals surface area contributed by atoms with E-state index in [1.165, 1.54) is 18.2 Å². The van der Waals surface area contributed by atoms with E-state index in [1.807, 2.05) is 12.1 Å². The highest BCUT2D eigenvalue weighted by molar-refractivity contribution is 7.92. The third-order valence-electron chi connectivity index (χ3n) is 5.16. The Bertz CT molecular complexity index is 1210. The van der Waals surface area contributed by atoms with Crippen molar-refractivity contribution in [3.8, 4) is 0 Å². The first-order valence-electron chi connectivity index (χ1n) is 9.43. The van der Waals surface area contributed by atoms with Gasteiger partial charge in [0.2, 0.25) is 0 Å². The lowest BCUT2D eigenvalue weighted by molar-refractivity contribution is -0.385. The molecule has 2 heterocycles. The van der Waals surface area contributed by atoms with E-state index in [9.17, 15) is 18.5 Å². The van der Waals surface area contributed by atoms with Crippen LogP contribution in [0.15, 0.2) is 59.6 Å². The predicted molar refractivity (Wildman–Crippen MR) is 115 cm³/mol. The van der Waals surface area contributed by atoms with Gasteiger partial charge in [-0.05, 0) is 31.3 Å². The summed E-state index contributed by atoms with van der Waals surface area (Å²) in [6.07, 6.45) is 1.80. The molecule has 0 saturated carbocycles. The van der Waals surface area contributed by atoms with Gasteiger partial charge < -0.3 is 9.80 Å². The Morgan fingerprint density at radius 2 is 1.80 bits per heavy atom. The molecule has 0 spiro atoms. The highest BCUT2D eigenvalue weighted by Crippen LogP contribution is 2.29.